The van der Waals surface area contributed by atoms with Gasteiger partial charge in [0.15, 0.2) is 0 Å². The molecule has 0 aliphatic carbocycles. The highest BCUT2D eigenvalue weighted by Crippen LogP contribution is 2.13. The number of hydrogen-bond acceptors (Lipinski definition) is 5. The Labute approximate surface area is 95.9 Å². The van der Waals surface area contributed by atoms with Gasteiger partial charge in [-0.15, -0.1) is 0 Å². The smallest absolute Gasteiger partial charge is 0.265 e. The number of nitrogens with zero attached hydrogens (tertiary/aromatic N) is 3. The van der Waals surface area contributed by atoms with Crippen molar-refractivity contribution in [1.29, 1.82) is 0 Å². The molecule has 84 valence electrons. The Morgan fingerprint density at radius 1 is 1.25 bits per heavy atom. The molecular formula is C7H6ClN5O2S. The molecule has 0 aliphatic heterocycles. The number of H-pyrrole nitrogens is 1. The topological polar surface area (TPSA) is 101 Å². The van der Waals surface area contributed by atoms with Gasteiger partial charge in [-0.25, -0.2) is 18.4 Å². The van der Waals surface area contributed by atoms with Crippen molar-refractivity contribution in [3.05, 3.63) is 30.1 Å². The van der Waals surface area contributed by atoms with E-state index in [1.165, 1.54) is 12.4 Å². The van der Waals surface area contributed by atoms with Crippen LogP contribution in [0, 0.1) is 0 Å². The Balaban J connectivity index is 2.29. The Morgan fingerprint density at radius 3 is 2.50 bits per heavy atom. The summed E-state index contributed by atoms with van der Waals surface area (Å²) in [5.41, 5.74) is 0.329. The summed E-state index contributed by atoms with van der Waals surface area (Å²) in [5, 5.41) is 6.08. The van der Waals surface area contributed by atoms with E-state index in [0.29, 0.717) is 5.69 Å². The first-order chi connectivity index (χ1) is 7.58. The van der Waals surface area contributed by atoms with Crippen molar-refractivity contribution in [3.63, 3.8) is 0 Å². The third-order valence-electron chi connectivity index (χ3n) is 1.66. The Bertz CT molecular complexity index is 565. The zero-order valence-electron chi connectivity index (χ0n) is 7.75. The first kappa shape index (κ1) is 10.8. The Morgan fingerprint density at radius 2 is 1.94 bits per heavy atom. The average molecular weight is 260 g/mol. The van der Waals surface area contributed by atoms with Crippen molar-refractivity contribution in [3.8, 4) is 0 Å². The van der Waals surface area contributed by atoms with Gasteiger partial charge in [0.2, 0.25) is 5.28 Å². The molecule has 0 unspecified atom stereocenters. The molecule has 16 heavy (non-hydrogen) atoms. The van der Waals surface area contributed by atoms with Crippen molar-refractivity contribution in [2.45, 2.75) is 4.90 Å². The summed E-state index contributed by atoms with van der Waals surface area (Å²) >= 11 is 5.45. The normalized spacial score (nSPS) is 11.3. The van der Waals surface area contributed by atoms with Gasteiger partial charge in [-0.3, -0.25) is 9.82 Å². The predicted molar refractivity (Wildman–Crippen MR) is 56.4 cm³/mol. The van der Waals surface area contributed by atoms with Crippen LogP contribution in [0.25, 0.3) is 0 Å². The molecule has 2 rings (SSSR count). The third kappa shape index (κ3) is 2.28. The first-order valence-electron chi connectivity index (χ1n) is 4.07. The first-order valence-corrected chi connectivity index (χ1v) is 5.93. The van der Waals surface area contributed by atoms with E-state index in [1.807, 2.05) is 0 Å². The molecule has 0 saturated heterocycles. The third-order valence-corrected chi connectivity index (χ3v) is 3.19. The number of nitrogens with one attached hydrogen (secondary N) is 2. The quantitative estimate of drug-likeness (QED) is 0.789. The van der Waals surface area contributed by atoms with E-state index in [2.05, 4.69) is 24.9 Å². The van der Waals surface area contributed by atoms with Crippen LogP contribution in [-0.4, -0.2) is 28.6 Å². The highest BCUT2D eigenvalue weighted by Gasteiger charge is 2.15. The number of halogens is 1. The summed E-state index contributed by atoms with van der Waals surface area (Å²) in [6.07, 6.45) is 5.00. The molecule has 0 atom stereocenters. The second-order valence-corrected chi connectivity index (χ2v) is 4.80. The Hall–Kier alpha value is -1.67. The maximum absolute atomic E-state index is 11.7. The van der Waals surface area contributed by atoms with E-state index in [-0.39, 0.29) is 10.2 Å². The fraction of sp³-hybridized carbons (Fsp3) is 0. The Kier molecular flexibility index (Phi) is 2.75. The molecule has 7 nitrogen and oxygen atoms in total. The van der Waals surface area contributed by atoms with Gasteiger partial charge in [-0.05, 0) is 11.6 Å². The van der Waals surface area contributed by atoms with Crippen LogP contribution in [0.1, 0.15) is 0 Å². The van der Waals surface area contributed by atoms with Gasteiger partial charge < -0.3 is 0 Å². The molecule has 2 N–H and O–H groups in total. The van der Waals surface area contributed by atoms with Crippen LogP contribution < -0.4 is 4.72 Å². The summed E-state index contributed by atoms with van der Waals surface area (Å²) in [5.74, 6) is 0. The summed E-state index contributed by atoms with van der Waals surface area (Å²) in [6, 6.07) is 0. The second kappa shape index (κ2) is 4.06. The van der Waals surface area contributed by atoms with Gasteiger partial charge in [0.1, 0.15) is 4.90 Å². The number of sulfonamides is 1. The molecule has 2 heterocycles. The molecule has 0 radical (unpaired) electrons. The molecule has 0 amide bonds. The van der Waals surface area contributed by atoms with Crippen molar-refractivity contribution in [2.75, 3.05) is 4.72 Å². The highest BCUT2D eigenvalue weighted by atomic mass is 35.5. The lowest BCUT2D eigenvalue weighted by molar-refractivity contribution is 0.600. The maximum atomic E-state index is 11.7. The van der Waals surface area contributed by atoms with Crippen LogP contribution in [-0.2, 0) is 10.0 Å². The van der Waals surface area contributed by atoms with E-state index in [0.717, 1.165) is 12.4 Å². The maximum Gasteiger partial charge on any atom is 0.265 e. The zero-order chi connectivity index (χ0) is 11.6. The lowest BCUT2D eigenvalue weighted by atomic mass is 10.6. The van der Waals surface area contributed by atoms with Crippen molar-refractivity contribution >= 4 is 27.3 Å². The van der Waals surface area contributed by atoms with E-state index < -0.39 is 10.0 Å². The molecule has 0 aliphatic rings. The molecular weight excluding hydrogens is 254 g/mol. The van der Waals surface area contributed by atoms with E-state index in [9.17, 15) is 8.42 Å². The van der Waals surface area contributed by atoms with Crippen molar-refractivity contribution in [2.24, 2.45) is 0 Å². The van der Waals surface area contributed by atoms with Crippen molar-refractivity contribution in [1.82, 2.24) is 20.2 Å². The zero-order valence-corrected chi connectivity index (χ0v) is 9.33. The molecule has 2 aromatic rings. The fourth-order valence-electron chi connectivity index (χ4n) is 0.960. The lowest BCUT2D eigenvalue weighted by Gasteiger charge is -2.04. The molecule has 0 spiro atoms. The average Bonchev–Trinajstić information content (AvgIpc) is 2.70. The summed E-state index contributed by atoms with van der Waals surface area (Å²) < 4.78 is 25.8. The molecule has 0 saturated carbocycles. The van der Waals surface area contributed by atoms with Crippen LogP contribution in [0.2, 0.25) is 5.28 Å². The van der Waals surface area contributed by atoms with E-state index >= 15 is 0 Å². The van der Waals surface area contributed by atoms with E-state index in [4.69, 9.17) is 11.6 Å². The van der Waals surface area contributed by atoms with Crippen LogP contribution in [0.5, 0.6) is 0 Å². The second-order valence-electron chi connectivity index (χ2n) is 2.78. The van der Waals surface area contributed by atoms with Gasteiger partial charge >= 0.3 is 0 Å². The molecule has 0 aromatic carbocycles. The monoisotopic (exact) mass is 259 g/mol. The van der Waals surface area contributed by atoms with Gasteiger partial charge in [0, 0.05) is 6.20 Å². The summed E-state index contributed by atoms with van der Waals surface area (Å²) in [7, 11) is -3.69. The number of rotatable bonds is 3. The van der Waals surface area contributed by atoms with Crippen molar-refractivity contribution < 1.29 is 8.42 Å². The molecule has 0 fully saturated rings. The summed E-state index contributed by atoms with van der Waals surface area (Å²) in [6.45, 7) is 0. The summed E-state index contributed by atoms with van der Waals surface area (Å²) in [4.78, 5) is 7.10. The standard InChI is InChI=1S/C7H6ClN5O2S/c8-7-9-3-6(4-10-7)16(14,15)13-5-1-11-12-2-5/h1-4,13H,(H,11,12). The minimum absolute atomic E-state index is 0.0118. The van der Waals surface area contributed by atoms with Gasteiger partial charge in [-0.1, -0.05) is 0 Å². The van der Waals surface area contributed by atoms with Gasteiger partial charge in [-0.2, -0.15) is 5.10 Å². The van der Waals surface area contributed by atoms with Gasteiger partial charge in [0.05, 0.1) is 24.3 Å². The molecule has 9 heteroatoms. The van der Waals surface area contributed by atoms with E-state index in [1.54, 1.807) is 0 Å². The SMILES string of the molecule is O=S(=O)(Nc1cn[nH]c1)c1cnc(Cl)nc1. The van der Waals surface area contributed by atoms with Gasteiger partial charge in [0.25, 0.3) is 10.0 Å². The number of hydrogen-bond donors (Lipinski definition) is 2. The van der Waals surface area contributed by atoms with Crippen LogP contribution in [0.15, 0.2) is 29.7 Å². The number of anilines is 1. The number of aromatic amines is 1. The lowest BCUT2D eigenvalue weighted by Crippen LogP contribution is -2.13. The van der Waals surface area contributed by atoms with Crippen LogP contribution in [0.4, 0.5) is 5.69 Å². The van der Waals surface area contributed by atoms with Crippen LogP contribution in [0.3, 0.4) is 0 Å². The molecule has 0 bridgehead atoms. The molecule has 2 aromatic heterocycles. The fourth-order valence-corrected chi connectivity index (χ4v) is 1.98. The number of aromatic nitrogens is 4. The largest absolute Gasteiger partial charge is 0.284 e. The van der Waals surface area contributed by atoms with Crippen LogP contribution >= 0.6 is 11.6 Å². The highest BCUT2D eigenvalue weighted by molar-refractivity contribution is 7.92. The predicted octanol–water partition coefficient (Wildman–Crippen LogP) is 0.654. The minimum Gasteiger partial charge on any atom is -0.284 e. The minimum atomic E-state index is -3.69.